The summed E-state index contributed by atoms with van der Waals surface area (Å²) in [6.07, 6.45) is 0. The molecule has 3 aromatic carbocycles. The van der Waals surface area contributed by atoms with Gasteiger partial charge in [-0.15, -0.1) is 0 Å². The van der Waals surface area contributed by atoms with Crippen molar-refractivity contribution in [2.45, 2.75) is 40.5 Å². The monoisotopic (exact) mass is 512 g/mol. The molecule has 0 aliphatic carbocycles. The first kappa shape index (κ1) is 25.1. The highest BCUT2D eigenvalue weighted by Gasteiger charge is 2.33. The van der Waals surface area contributed by atoms with E-state index in [9.17, 15) is 19.8 Å². The third-order valence-electron chi connectivity index (χ3n) is 6.77. The van der Waals surface area contributed by atoms with Gasteiger partial charge in [0.2, 0.25) is 0 Å². The Morgan fingerprint density at radius 2 is 1.26 bits per heavy atom. The average molecular weight is 513 g/mol. The Kier molecular flexibility index (Phi) is 6.23. The first-order valence-electron chi connectivity index (χ1n) is 12.4. The molecule has 5 rings (SSSR count). The summed E-state index contributed by atoms with van der Waals surface area (Å²) in [5, 5.41) is 23.7. The average Bonchev–Trinajstić information content (AvgIpc) is 2.85. The second-order valence-corrected chi connectivity index (χ2v) is 9.66. The third-order valence-corrected chi connectivity index (χ3v) is 6.77. The van der Waals surface area contributed by atoms with E-state index in [1.54, 1.807) is 50.2 Å². The highest BCUT2D eigenvalue weighted by molar-refractivity contribution is 5.89. The number of benzene rings is 3. The van der Waals surface area contributed by atoms with E-state index in [1.807, 2.05) is 32.9 Å². The second kappa shape index (κ2) is 9.41. The predicted octanol–water partition coefficient (Wildman–Crippen LogP) is 6.12. The Hall–Kier alpha value is -4.52. The number of rotatable bonds is 5. The first-order chi connectivity index (χ1) is 18.1. The topological polar surface area (TPSA) is 110 Å². The molecule has 0 unspecified atom stereocenters. The molecule has 0 saturated carbocycles. The van der Waals surface area contributed by atoms with E-state index in [0.717, 1.165) is 11.1 Å². The quantitative estimate of drug-likeness (QED) is 0.273. The minimum atomic E-state index is -1.21. The van der Waals surface area contributed by atoms with Gasteiger partial charge in [-0.25, -0.2) is 9.59 Å². The molecule has 7 heteroatoms. The molecule has 2 aromatic heterocycles. The fourth-order valence-electron chi connectivity index (χ4n) is 5.25. The van der Waals surface area contributed by atoms with Crippen LogP contribution in [0.25, 0.3) is 21.9 Å². The lowest BCUT2D eigenvalue weighted by Crippen LogP contribution is -2.21. The van der Waals surface area contributed by atoms with E-state index < -0.39 is 17.2 Å². The van der Waals surface area contributed by atoms with Crippen LogP contribution in [0.3, 0.4) is 0 Å². The smallest absolute Gasteiger partial charge is 0.344 e. The predicted molar refractivity (Wildman–Crippen MR) is 146 cm³/mol. The van der Waals surface area contributed by atoms with Gasteiger partial charge >= 0.3 is 11.3 Å². The molecular formula is C31H28O7. The maximum absolute atomic E-state index is 13.5. The molecule has 0 atom stereocenters. The molecule has 0 aliphatic rings. The zero-order valence-electron chi connectivity index (χ0n) is 21.8. The van der Waals surface area contributed by atoms with Crippen LogP contribution < -0.4 is 16.0 Å². The van der Waals surface area contributed by atoms with Gasteiger partial charge in [0, 0.05) is 0 Å². The van der Waals surface area contributed by atoms with Gasteiger partial charge in [0.1, 0.15) is 28.4 Å². The number of aryl methyl sites for hydroxylation is 4. The summed E-state index contributed by atoms with van der Waals surface area (Å²) in [6, 6.07) is 14.0. The Balaban J connectivity index is 1.92. The summed E-state index contributed by atoms with van der Waals surface area (Å²) in [7, 11) is 0. The minimum Gasteiger partial charge on any atom is -0.507 e. The maximum Gasteiger partial charge on any atom is 0.344 e. The van der Waals surface area contributed by atoms with Crippen molar-refractivity contribution < 1.29 is 23.8 Å². The van der Waals surface area contributed by atoms with Crippen LogP contribution >= 0.6 is 0 Å². The normalized spacial score (nSPS) is 11.5. The van der Waals surface area contributed by atoms with Crippen LogP contribution in [0, 0.1) is 27.7 Å². The summed E-state index contributed by atoms with van der Waals surface area (Å²) < 4.78 is 17.1. The number of ether oxygens (including phenoxy) is 1. The van der Waals surface area contributed by atoms with Gasteiger partial charge in [-0.2, -0.15) is 0 Å². The van der Waals surface area contributed by atoms with Gasteiger partial charge < -0.3 is 23.8 Å². The van der Waals surface area contributed by atoms with E-state index >= 15 is 0 Å². The van der Waals surface area contributed by atoms with Crippen molar-refractivity contribution in [2.75, 3.05) is 6.61 Å². The zero-order chi connectivity index (χ0) is 27.3. The molecule has 0 amide bonds. The lowest BCUT2D eigenvalue weighted by Gasteiger charge is -2.21. The molecule has 194 valence electrons. The minimum absolute atomic E-state index is 0.178. The fourth-order valence-corrected chi connectivity index (χ4v) is 5.25. The zero-order valence-corrected chi connectivity index (χ0v) is 21.8. The third kappa shape index (κ3) is 4.10. The summed E-state index contributed by atoms with van der Waals surface area (Å²) in [4.78, 5) is 27.0. The number of hydrogen-bond acceptors (Lipinski definition) is 7. The first-order valence-corrected chi connectivity index (χ1v) is 12.4. The van der Waals surface area contributed by atoms with Crippen molar-refractivity contribution in [1.29, 1.82) is 0 Å². The Morgan fingerprint density at radius 1 is 0.763 bits per heavy atom. The molecular weight excluding hydrogens is 484 g/mol. The molecule has 2 N–H and O–H groups in total. The van der Waals surface area contributed by atoms with Crippen molar-refractivity contribution in [3.05, 3.63) is 108 Å². The molecule has 0 radical (unpaired) electrons. The Labute approximate surface area is 218 Å². The number of fused-ring (bicyclic) bond motifs is 2. The van der Waals surface area contributed by atoms with Gasteiger partial charge in [-0.3, -0.25) is 0 Å². The van der Waals surface area contributed by atoms with Crippen molar-refractivity contribution in [1.82, 2.24) is 0 Å². The van der Waals surface area contributed by atoms with E-state index in [1.165, 1.54) is 0 Å². The number of hydrogen-bond donors (Lipinski definition) is 2. The van der Waals surface area contributed by atoms with Gasteiger partial charge in [0.25, 0.3) is 0 Å². The molecule has 0 saturated heterocycles. The highest BCUT2D eigenvalue weighted by atomic mass is 16.5. The molecule has 0 bridgehead atoms. The standard InChI is InChI=1S/C31H28O7/c1-6-36-20-9-7-8-19(14-20)23(24-26(32)21-12-15(2)10-17(4)28(21)37-30(24)34)25-27(33)22-13-16(3)11-18(5)29(22)38-31(25)35/h7-14,23,32-33H,6H2,1-5H3. The van der Waals surface area contributed by atoms with Gasteiger partial charge in [0.15, 0.2) is 0 Å². The summed E-state index contributed by atoms with van der Waals surface area (Å²) in [5.74, 6) is -1.36. The van der Waals surface area contributed by atoms with Crippen molar-refractivity contribution in [3.63, 3.8) is 0 Å². The van der Waals surface area contributed by atoms with E-state index in [-0.39, 0.29) is 33.8 Å². The van der Waals surface area contributed by atoms with E-state index in [4.69, 9.17) is 13.6 Å². The van der Waals surface area contributed by atoms with Gasteiger partial charge in [-0.1, -0.05) is 24.3 Å². The Morgan fingerprint density at radius 3 is 1.74 bits per heavy atom. The summed E-state index contributed by atoms with van der Waals surface area (Å²) in [6.45, 7) is 9.55. The second-order valence-electron chi connectivity index (χ2n) is 9.66. The molecule has 7 nitrogen and oxygen atoms in total. The summed E-state index contributed by atoms with van der Waals surface area (Å²) >= 11 is 0. The molecule has 5 aromatic rings. The maximum atomic E-state index is 13.5. The molecule has 0 fully saturated rings. The van der Waals surface area contributed by atoms with Crippen LogP contribution in [-0.2, 0) is 0 Å². The number of aromatic hydroxyl groups is 2. The van der Waals surface area contributed by atoms with E-state index in [0.29, 0.717) is 39.8 Å². The highest BCUT2D eigenvalue weighted by Crippen LogP contribution is 2.43. The molecule has 2 heterocycles. The van der Waals surface area contributed by atoms with Gasteiger partial charge in [0.05, 0.1) is 34.4 Å². The summed E-state index contributed by atoms with van der Waals surface area (Å²) in [5.41, 5.74) is 2.04. The molecule has 38 heavy (non-hydrogen) atoms. The van der Waals surface area contributed by atoms with Crippen molar-refractivity contribution in [2.24, 2.45) is 0 Å². The van der Waals surface area contributed by atoms with Crippen LogP contribution in [0.5, 0.6) is 17.2 Å². The van der Waals surface area contributed by atoms with Crippen LogP contribution in [0.2, 0.25) is 0 Å². The molecule has 0 spiro atoms. The van der Waals surface area contributed by atoms with Crippen LogP contribution in [-0.4, -0.2) is 16.8 Å². The lowest BCUT2D eigenvalue weighted by atomic mass is 9.84. The van der Waals surface area contributed by atoms with Gasteiger partial charge in [-0.05, 0) is 86.7 Å². The van der Waals surface area contributed by atoms with Crippen LogP contribution in [0.15, 0.2) is 67.0 Å². The molecule has 0 aliphatic heterocycles. The van der Waals surface area contributed by atoms with E-state index in [2.05, 4.69) is 0 Å². The lowest BCUT2D eigenvalue weighted by molar-refractivity contribution is 0.339. The van der Waals surface area contributed by atoms with Crippen LogP contribution in [0.4, 0.5) is 0 Å². The van der Waals surface area contributed by atoms with Crippen LogP contribution in [0.1, 0.15) is 51.8 Å². The largest absolute Gasteiger partial charge is 0.507 e. The van der Waals surface area contributed by atoms with Crippen molar-refractivity contribution in [3.8, 4) is 17.2 Å². The Bertz CT molecular complexity index is 1730. The van der Waals surface area contributed by atoms with Crippen molar-refractivity contribution >= 4 is 21.9 Å². The fraction of sp³-hybridized carbons (Fsp3) is 0.226. The SMILES string of the molecule is CCOc1cccc(C(c2c(O)c3cc(C)cc(C)c3oc2=O)c2c(O)c3cc(C)cc(C)c3oc2=O)c1.